The van der Waals surface area contributed by atoms with Crippen LogP contribution in [0.2, 0.25) is 10.0 Å². The second-order valence-corrected chi connectivity index (χ2v) is 7.67. The van der Waals surface area contributed by atoms with E-state index < -0.39 is 6.23 Å². The van der Waals surface area contributed by atoms with Crippen LogP contribution in [0.25, 0.3) is 0 Å². The molecule has 0 unspecified atom stereocenters. The maximum atomic E-state index is 13.3. The van der Waals surface area contributed by atoms with Crippen LogP contribution in [0, 0.1) is 5.82 Å². The molecule has 2 aliphatic rings. The third-order valence-corrected chi connectivity index (χ3v) is 5.68. The molecule has 0 amide bonds. The van der Waals surface area contributed by atoms with E-state index in [9.17, 15) is 4.39 Å². The zero-order valence-electron chi connectivity index (χ0n) is 14.6. The van der Waals surface area contributed by atoms with E-state index in [0.717, 1.165) is 28.2 Å². The van der Waals surface area contributed by atoms with Crippen molar-refractivity contribution in [2.45, 2.75) is 18.7 Å². The lowest BCUT2D eigenvalue weighted by molar-refractivity contribution is -0.0189. The summed E-state index contributed by atoms with van der Waals surface area (Å²) in [6.45, 7) is 0. The molecule has 2 atom stereocenters. The van der Waals surface area contributed by atoms with Gasteiger partial charge in [0, 0.05) is 27.6 Å². The van der Waals surface area contributed by atoms with Gasteiger partial charge in [0.1, 0.15) is 11.6 Å². The molecule has 0 radical (unpaired) electrons. The predicted octanol–water partition coefficient (Wildman–Crippen LogP) is 6.37. The second-order valence-electron chi connectivity index (χ2n) is 6.83. The number of fused-ring (bicyclic) bond motifs is 3. The van der Waals surface area contributed by atoms with E-state index in [4.69, 9.17) is 33.0 Å². The van der Waals surface area contributed by atoms with Crippen LogP contribution >= 0.6 is 23.2 Å². The molecule has 2 aliphatic heterocycles. The van der Waals surface area contributed by atoms with E-state index in [2.05, 4.69) is 0 Å². The second kappa shape index (κ2) is 6.80. The van der Waals surface area contributed by atoms with Gasteiger partial charge in [-0.05, 0) is 42.0 Å². The third kappa shape index (κ3) is 2.93. The molecule has 0 saturated carbocycles. The van der Waals surface area contributed by atoms with E-state index in [1.54, 1.807) is 12.1 Å². The average molecular weight is 413 g/mol. The first-order valence-electron chi connectivity index (χ1n) is 8.92. The number of rotatable bonds is 2. The normalized spacial score (nSPS) is 20.2. The molecule has 6 heteroatoms. The van der Waals surface area contributed by atoms with Gasteiger partial charge in [-0.25, -0.2) is 9.40 Å². The fraction of sp³-hybridized carbons (Fsp3) is 0.136. The molecule has 0 aromatic heterocycles. The van der Waals surface area contributed by atoms with E-state index in [1.165, 1.54) is 12.1 Å². The number of hydrogen-bond donors (Lipinski definition) is 0. The highest BCUT2D eigenvalue weighted by molar-refractivity contribution is 6.31. The van der Waals surface area contributed by atoms with Crippen LogP contribution in [0.5, 0.6) is 5.75 Å². The topological polar surface area (TPSA) is 24.8 Å². The Morgan fingerprint density at radius 2 is 1.75 bits per heavy atom. The largest absolute Gasteiger partial charge is 0.464 e. The maximum Gasteiger partial charge on any atom is 0.215 e. The van der Waals surface area contributed by atoms with Gasteiger partial charge < -0.3 is 4.74 Å². The summed E-state index contributed by atoms with van der Waals surface area (Å²) < 4.78 is 19.6. The van der Waals surface area contributed by atoms with Crippen LogP contribution in [-0.4, -0.2) is 10.7 Å². The van der Waals surface area contributed by atoms with Gasteiger partial charge in [-0.3, -0.25) is 0 Å². The smallest absolute Gasteiger partial charge is 0.215 e. The van der Waals surface area contributed by atoms with Gasteiger partial charge in [0.25, 0.3) is 0 Å². The molecule has 3 nitrogen and oxygen atoms in total. The Morgan fingerprint density at radius 1 is 0.964 bits per heavy atom. The molecule has 0 spiro atoms. The third-order valence-electron chi connectivity index (χ3n) is 5.10. The van der Waals surface area contributed by atoms with Gasteiger partial charge in [0.15, 0.2) is 0 Å². The molecule has 3 aromatic rings. The highest BCUT2D eigenvalue weighted by Gasteiger charge is 2.41. The first-order chi connectivity index (χ1) is 13.6. The minimum Gasteiger partial charge on any atom is -0.464 e. The average Bonchev–Trinajstić information content (AvgIpc) is 3.14. The Morgan fingerprint density at radius 3 is 2.54 bits per heavy atom. The number of hydrazone groups is 1. The zero-order valence-corrected chi connectivity index (χ0v) is 16.2. The molecule has 0 saturated heterocycles. The van der Waals surface area contributed by atoms with Crippen molar-refractivity contribution in [3.8, 4) is 5.75 Å². The molecule has 5 rings (SSSR count). The number of ether oxygens (including phenoxy) is 1. The minimum absolute atomic E-state index is 0.0382. The highest BCUT2D eigenvalue weighted by atomic mass is 35.5. The SMILES string of the molecule is Fc1ccc(C2=NN3[C@@H](C2)c2cc(Cl)ccc2O[C@H]3c2ccccc2Cl)cc1. The van der Waals surface area contributed by atoms with Crippen LogP contribution < -0.4 is 4.74 Å². The fourth-order valence-corrected chi connectivity index (χ4v) is 4.17. The van der Waals surface area contributed by atoms with E-state index in [-0.39, 0.29) is 11.9 Å². The molecule has 0 aliphatic carbocycles. The van der Waals surface area contributed by atoms with Crippen LogP contribution in [0.1, 0.15) is 35.4 Å². The lowest BCUT2D eigenvalue weighted by atomic mass is 9.96. The molecular formula is C22H15Cl2FN2O. The van der Waals surface area contributed by atoms with Gasteiger partial charge >= 0.3 is 0 Å². The molecule has 3 aromatic carbocycles. The summed E-state index contributed by atoms with van der Waals surface area (Å²) in [6, 6.07) is 19.6. The quantitative estimate of drug-likeness (QED) is 0.487. The van der Waals surface area contributed by atoms with Crippen molar-refractivity contribution in [3.05, 3.63) is 99.3 Å². The summed E-state index contributed by atoms with van der Waals surface area (Å²) >= 11 is 12.7. The summed E-state index contributed by atoms with van der Waals surface area (Å²) in [4.78, 5) is 0. The van der Waals surface area contributed by atoms with Gasteiger partial charge in [0.05, 0.1) is 11.8 Å². The standard InChI is InChI=1S/C22H15Cl2FN2O/c23-14-7-10-21-17(11-14)20-12-19(13-5-8-15(25)9-6-13)26-27(20)22(28-21)16-3-1-2-4-18(16)24/h1-11,20,22H,12H2/t20-,22-/m0/s1. The Kier molecular flexibility index (Phi) is 4.26. The predicted molar refractivity (Wildman–Crippen MR) is 108 cm³/mol. The van der Waals surface area contributed by atoms with Gasteiger partial charge in [-0.2, -0.15) is 5.10 Å². The monoisotopic (exact) mass is 412 g/mol. The van der Waals surface area contributed by atoms with Crippen molar-refractivity contribution in [2.75, 3.05) is 0 Å². The number of benzene rings is 3. The van der Waals surface area contributed by atoms with Crippen molar-refractivity contribution >= 4 is 28.9 Å². The van der Waals surface area contributed by atoms with Crippen LogP contribution in [0.4, 0.5) is 4.39 Å². The highest BCUT2D eigenvalue weighted by Crippen LogP contribution is 2.49. The Balaban J connectivity index is 1.62. The molecular weight excluding hydrogens is 398 g/mol. The Bertz CT molecular complexity index is 1080. The molecule has 140 valence electrons. The number of halogens is 3. The molecule has 0 N–H and O–H groups in total. The van der Waals surface area contributed by atoms with Crippen molar-refractivity contribution in [1.29, 1.82) is 0 Å². The Labute approximate surface area is 172 Å². The maximum absolute atomic E-state index is 13.3. The summed E-state index contributed by atoms with van der Waals surface area (Å²) in [6.07, 6.45) is 0.217. The van der Waals surface area contributed by atoms with E-state index in [1.807, 2.05) is 47.5 Å². The summed E-state index contributed by atoms with van der Waals surface area (Å²) in [5.74, 6) is 0.501. The van der Waals surface area contributed by atoms with Crippen LogP contribution in [0.15, 0.2) is 71.8 Å². The van der Waals surface area contributed by atoms with Gasteiger partial charge in [0.2, 0.25) is 6.23 Å². The molecule has 0 fully saturated rings. The Hall–Kier alpha value is -2.56. The summed E-state index contributed by atoms with van der Waals surface area (Å²) in [5.41, 5.74) is 3.59. The molecule has 2 heterocycles. The van der Waals surface area contributed by atoms with E-state index >= 15 is 0 Å². The fourth-order valence-electron chi connectivity index (χ4n) is 3.76. The minimum atomic E-state index is -0.453. The van der Waals surface area contributed by atoms with Crippen molar-refractivity contribution in [1.82, 2.24) is 5.01 Å². The zero-order chi connectivity index (χ0) is 19.3. The van der Waals surface area contributed by atoms with Crippen molar-refractivity contribution in [2.24, 2.45) is 5.10 Å². The lowest BCUT2D eigenvalue weighted by Crippen LogP contribution is -2.33. The van der Waals surface area contributed by atoms with Crippen molar-refractivity contribution < 1.29 is 9.13 Å². The summed E-state index contributed by atoms with van der Waals surface area (Å²) in [7, 11) is 0. The van der Waals surface area contributed by atoms with Gasteiger partial charge in [-0.1, -0.05) is 53.5 Å². The molecule has 0 bridgehead atoms. The first-order valence-corrected chi connectivity index (χ1v) is 9.68. The molecule has 28 heavy (non-hydrogen) atoms. The van der Waals surface area contributed by atoms with Crippen LogP contribution in [-0.2, 0) is 0 Å². The summed E-state index contributed by atoms with van der Waals surface area (Å²) in [5, 5.41) is 8.03. The lowest BCUT2D eigenvalue weighted by Gasteiger charge is -2.38. The van der Waals surface area contributed by atoms with E-state index in [0.29, 0.717) is 16.5 Å². The first kappa shape index (κ1) is 17.5. The van der Waals surface area contributed by atoms with Crippen molar-refractivity contribution in [3.63, 3.8) is 0 Å². The number of nitrogens with zero attached hydrogens (tertiary/aromatic N) is 2. The number of hydrogen-bond acceptors (Lipinski definition) is 3. The van der Waals surface area contributed by atoms with Crippen LogP contribution in [0.3, 0.4) is 0 Å². The van der Waals surface area contributed by atoms with Gasteiger partial charge in [-0.15, -0.1) is 0 Å².